The highest BCUT2D eigenvalue weighted by molar-refractivity contribution is 7.85. The van der Waals surface area contributed by atoms with Crippen molar-refractivity contribution in [3.05, 3.63) is 94.1 Å². The van der Waals surface area contributed by atoms with Crippen LogP contribution in [0.4, 0.5) is 5.69 Å². The fraction of sp³-hybridized carbons (Fsp3) is 0.0435. The van der Waals surface area contributed by atoms with Crippen molar-refractivity contribution in [3.63, 3.8) is 0 Å². The van der Waals surface area contributed by atoms with Gasteiger partial charge in [0.25, 0.3) is 16.0 Å². The topological polar surface area (TPSA) is 124 Å². The predicted molar refractivity (Wildman–Crippen MR) is 135 cm³/mol. The number of nitrogens with one attached hydrogen (secondary N) is 3. The van der Waals surface area contributed by atoms with Crippen LogP contribution in [-0.4, -0.2) is 30.2 Å². The minimum Gasteiger partial charge on any atom is -0.350 e. The van der Waals surface area contributed by atoms with E-state index in [-0.39, 0.29) is 10.8 Å². The number of halogens is 2. The molecule has 4 N–H and O–H groups in total. The minimum absolute atomic E-state index is 0.0666. The number of aromatic nitrogens is 1. The summed E-state index contributed by atoms with van der Waals surface area (Å²) < 4.78 is 29.6. The second kappa shape index (κ2) is 11.2. The second-order valence-electron chi connectivity index (χ2n) is 7.01. The molecule has 4 aromatic rings. The lowest BCUT2D eigenvalue weighted by molar-refractivity contribution is 0.0940. The van der Waals surface area contributed by atoms with Crippen molar-refractivity contribution < 1.29 is 17.8 Å². The van der Waals surface area contributed by atoms with Gasteiger partial charge in [0.05, 0.1) is 15.6 Å². The zero-order valence-corrected chi connectivity index (χ0v) is 20.1. The van der Waals surface area contributed by atoms with Gasteiger partial charge in [0.2, 0.25) is 0 Å². The van der Waals surface area contributed by atoms with Crippen LogP contribution in [0.15, 0.2) is 82.7 Å². The molecule has 0 unspecified atom stereocenters. The number of carbonyl (C=O) groups excluding carboxylic acids is 1. The van der Waals surface area contributed by atoms with Gasteiger partial charge in [-0.1, -0.05) is 53.0 Å². The highest BCUT2D eigenvalue weighted by atomic mass is 35.5. The summed E-state index contributed by atoms with van der Waals surface area (Å²) in [5.41, 5.74) is 7.96. The molecule has 0 radical (unpaired) electrons. The first kappa shape index (κ1) is 25.3. The van der Waals surface area contributed by atoms with E-state index in [1.54, 1.807) is 42.5 Å². The van der Waals surface area contributed by atoms with E-state index in [9.17, 15) is 13.2 Å². The molecule has 3 aromatic carbocycles. The molecule has 0 bridgehead atoms. The number of aryl methyl sites for hydroxylation is 1. The number of hydrogen-bond acceptors (Lipinski definition) is 4. The van der Waals surface area contributed by atoms with Gasteiger partial charge in [-0.3, -0.25) is 20.2 Å². The standard InChI is InChI=1S/C16H12Cl2N4O.C7H8O3S/c17-11-5-6-13-10(7-11)8-15(21-13)16(23)22-20-9-19-14-4-2-1-3-12(14)18;1-6-2-4-7(5-3-6)11(8,9)10/h1-9,21H,(H,19,20)(H,22,23);2-5H,1H3,(H,8,9,10). The molecular formula is C23H20Cl2N4O4S. The Bertz CT molecular complexity index is 1440. The Hall–Kier alpha value is -3.37. The second-order valence-corrected chi connectivity index (χ2v) is 9.28. The Kier molecular flexibility index (Phi) is 8.30. The molecule has 0 fully saturated rings. The lowest BCUT2D eigenvalue weighted by Gasteiger charge is -2.02. The summed E-state index contributed by atoms with van der Waals surface area (Å²) in [5.74, 6) is -0.317. The lowest BCUT2D eigenvalue weighted by Crippen LogP contribution is -2.36. The van der Waals surface area contributed by atoms with Gasteiger partial charge in [0, 0.05) is 15.9 Å². The van der Waals surface area contributed by atoms with E-state index in [2.05, 4.69) is 20.8 Å². The third kappa shape index (κ3) is 7.06. The van der Waals surface area contributed by atoms with E-state index >= 15 is 0 Å². The molecule has 0 aliphatic heterocycles. The summed E-state index contributed by atoms with van der Waals surface area (Å²) >= 11 is 11.9. The zero-order valence-electron chi connectivity index (χ0n) is 17.8. The largest absolute Gasteiger partial charge is 0.350 e. The van der Waals surface area contributed by atoms with Crippen LogP contribution in [0.5, 0.6) is 0 Å². The maximum Gasteiger partial charge on any atom is 0.294 e. The van der Waals surface area contributed by atoms with Crippen LogP contribution >= 0.6 is 23.2 Å². The molecular weight excluding hydrogens is 499 g/mol. The molecule has 34 heavy (non-hydrogen) atoms. The number of fused-ring (bicyclic) bond motifs is 1. The maximum absolute atomic E-state index is 12.1. The number of nitrogens with zero attached hydrogens (tertiary/aromatic N) is 1. The van der Waals surface area contributed by atoms with E-state index in [4.69, 9.17) is 27.8 Å². The van der Waals surface area contributed by atoms with Crippen molar-refractivity contribution in [2.24, 2.45) is 4.99 Å². The van der Waals surface area contributed by atoms with Crippen LogP contribution < -0.4 is 10.9 Å². The Morgan fingerprint density at radius 2 is 1.74 bits per heavy atom. The molecule has 4 rings (SSSR count). The van der Waals surface area contributed by atoms with Gasteiger partial charge in [-0.05, 0) is 55.5 Å². The van der Waals surface area contributed by atoms with Gasteiger partial charge in [0.15, 0.2) is 0 Å². The van der Waals surface area contributed by atoms with E-state index in [0.29, 0.717) is 21.4 Å². The smallest absolute Gasteiger partial charge is 0.294 e. The molecule has 1 amide bonds. The van der Waals surface area contributed by atoms with E-state index in [1.807, 2.05) is 25.1 Å². The van der Waals surface area contributed by atoms with Crippen molar-refractivity contribution in [1.82, 2.24) is 15.8 Å². The third-order valence-electron chi connectivity index (χ3n) is 4.45. The Morgan fingerprint density at radius 3 is 2.41 bits per heavy atom. The quantitative estimate of drug-likeness (QED) is 0.123. The van der Waals surface area contributed by atoms with Gasteiger partial charge in [0.1, 0.15) is 12.0 Å². The highest BCUT2D eigenvalue weighted by Crippen LogP contribution is 2.23. The number of para-hydroxylation sites is 1. The van der Waals surface area contributed by atoms with E-state index in [0.717, 1.165) is 16.5 Å². The fourth-order valence-electron chi connectivity index (χ4n) is 2.76. The molecule has 1 heterocycles. The number of H-pyrrole nitrogens is 1. The van der Waals surface area contributed by atoms with Crippen molar-refractivity contribution >= 4 is 62.2 Å². The number of carbonyl (C=O) groups is 1. The minimum atomic E-state index is -4.02. The van der Waals surface area contributed by atoms with Crippen molar-refractivity contribution in [2.45, 2.75) is 11.8 Å². The van der Waals surface area contributed by atoms with Gasteiger partial charge in [-0.2, -0.15) is 8.42 Å². The van der Waals surface area contributed by atoms with Gasteiger partial charge in [-0.25, -0.2) is 4.99 Å². The molecule has 0 aliphatic rings. The summed E-state index contributed by atoms with van der Waals surface area (Å²) in [7, 11) is -4.02. The number of aliphatic imine (C=N–C) groups is 1. The molecule has 8 nitrogen and oxygen atoms in total. The van der Waals surface area contributed by atoms with Crippen LogP contribution in [0.2, 0.25) is 10.0 Å². The molecule has 0 saturated heterocycles. The number of aromatic amines is 1. The molecule has 0 spiro atoms. The van der Waals surface area contributed by atoms with Crippen LogP contribution in [0.1, 0.15) is 16.1 Å². The number of benzene rings is 3. The van der Waals surface area contributed by atoms with Crippen LogP contribution in [0.25, 0.3) is 10.9 Å². The average molecular weight is 519 g/mol. The Balaban J connectivity index is 0.000000248. The average Bonchev–Trinajstić information content (AvgIpc) is 3.21. The van der Waals surface area contributed by atoms with Crippen LogP contribution in [0, 0.1) is 6.92 Å². The normalized spacial score (nSPS) is 11.2. The molecule has 11 heteroatoms. The highest BCUT2D eigenvalue weighted by Gasteiger charge is 2.09. The Morgan fingerprint density at radius 1 is 1.03 bits per heavy atom. The summed E-state index contributed by atoms with van der Waals surface area (Å²) in [6.07, 6.45) is 1.36. The molecule has 176 valence electrons. The zero-order chi connectivity index (χ0) is 24.7. The van der Waals surface area contributed by atoms with Crippen molar-refractivity contribution in [3.8, 4) is 0 Å². The molecule has 1 aromatic heterocycles. The number of hydrogen-bond donors (Lipinski definition) is 4. The lowest BCUT2D eigenvalue weighted by atomic mass is 10.2. The molecule has 0 saturated carbocycles. The van der Waals surface area contributed by atoms with Gasteiger partial charge in [-0.15, -0.1) is 0 Å². The van der Waals surface area contributed by atoms with E-state index in [1.165, 1.54) is 18.5 Å². The first-order valence-corrected chi connectivity index (χ1v) is 12.0. The molecule has 0 aliphatic carbocycles. The number of hydrazine groups is 1. The first-order valence-electron chi connectivity index (χ1n) is 9.79. The first-order chi connectivity index (χ1) is 16.1. The van der Waals surface area contributed by atoms with Gasteiger partial charge >= 0.3 is 0 Å². The van der Waals surface area contributed by atoms with Crippen molar-refractivity contribution in [1.29, 1.82) is 0 Å². The fourth-order valence-corrected chi connectivity index (χ4v) is 3.60. The van der Waals surface area contributed by atoms with E-state index < -0.39 is 10.1 Å². The monoisotopic (exact) mass is 518 g/mol. The number of amides is 1. The predicted octanol–water partition coefficient (Wildman–Crippen LogP) is 5.31. The number of rotatable bonds is 5. The Labute approximate surface area is 206 Å². The van der Waals surface area contributed by atoms with Crippen LogP contribution in [-0.2, 0) is 10.1 Å². The SMILES string of the molecule is Cc1ccc(S(=O)(=O)O)cc1.O=C(NNC=Nc1ccccc1Cl)c1cc2cc(Cl)ccc2[nH]1. The summed E-state index contributed by atoms with van der Waals surface area (Å²) in [6.45, 7) is 1.84. The summed E-state index contributed by atoms with van der Waals surface area (Å²) in [6, 6.07) is 20.2. The summed E-state index contributed by atoms with van der Waals surface area (Å²) in [4.78, 5) is 19.1. The van der Waals surface area contributed by atoms with Gasteiger partial charge < -0.3 is 4.98 Å². The molecule has 0 atom stereocenters. The maximum atomic E-state index is 12.1. The van der Waals surface area contributed by atoms with Crippen LogP contribution in [0.3, 0.4) is 0 Å². The van der Waals surface area contributed by atoms with Crippen molar-refractivity contribution in [2.75, 3.05) is 0 Å². The summed E-state index contributed by atoms with van der Waals surface area (Å²) in [5, 5.41) is 2.02. The third-order valence-corrected chi connectivity index (χ3v) is 5.88.